The Kier molecular flexibility index (Phi) is 4.99. The minimum absolute atomic E-state index is 0.0174. The summed E-state index contributed by atoms with van der Waals surface area (Å²) in [5.74, 6) is 0.169. The molecule has 0 aliphatic carbocycles. The first-order chi connectivity index (χ1) is 10.4. The molecule has 1 heterocycles. The van der Waals surface area contributed by atoms with Gasteiger partial charge in [-0.1, -0.05) is 23.2 Å². The van der Waals surface area contributed by atoms with E-state index in [2.05, 4.69) is 20.6 Å². The van der Waals surface area contributed by atoms with Crippen LogP contribution < -0.4 is 10.6 Å². The van der Waals surface area contributed by atoms with Crippen LogP contribution in [-0.4, -0.2) is 20.9 Å². The molecule has 0 atom stereocenters. The number of benzene rings is 1. The number of halogens is 2. The van der Waals surface area contributed by atoms with Crippen molar-refractivity contribution in [2.24, 2.45) is 0 Å². The number of hydrogen-bond acceptors (Lipinski definition) is 6. The van der Waals surface area contributed by atoms with Crippen molar-refractivity contribution < 1.29 is 4.92 Å². The molecule has 0 saturated heterocycles. The third kappa shape index (κ3) is 3.75. The minimum atomic E-state index is -0.550. The number of nitrogens with one attached hydrogen (secondary N) is 2. The van der Waals surface area contributed by atoms with Gasteiger partial charge in [0.25, 0.3) is 0 Å². The lowest BCUT2D eigenvalue weighted by atomic mass is 10.3. The van der Waals surface area contributed by atoms with E-state index in [1.54, 1.807) is 18.2 Å². The number of anilines is 3. The van der Waals surface area contributed by atoms with Gasteiger partial charge in [-0.15, -0.1) is 0 Å². The van der Waals surface area contributed by atoms with Gasteiger partial charge >= 0.3 is 5.69 Å². The molecule has 0 fully saturated rings. The molecule has 0 aliphatic heterocycles. The molecular weight excluding hydrogens is 329 g/mol. The van der Waals surface area contributed by atoms with Crippen molar-refractivity contribution >= 4 is 46.2 Å². The largest absolute Gasteiger partial charge is 0.362 e. The molecule has 116 valence electrons. The van der Waals surface area contributed by atoms with Gasteiger partial charge in [0, 0.05) is 11.1 Å². The Morgan fingerprint density at radius 3 is 2.55 bits per heavy atom. The predicted molar refractivity (Wildman–Crippen MR) is 87.2 cm³/mol. The van der Waals surface area contributed by atoms with E-state index in [1.807, 2.05) is 13.8 Å². The summed E-state index contributed by atoms with van der Waals surface area (Å²) in [5.41, 5.74) is 0.165. The summed E-state index contributed by atoms with van der Waals surface area (Å²) in [6.07, 6.45) is 1.23. The maximum Gasteiger partial charge on any atom is 0.353 e. The van der Waals surface area contributed by atoms with E-state index >= 15 is 0 Å². The average molecular weight is 342 g/mol. The summed E-state index contributed by atoms with van der Waals surface area (Å²) < 4.78 is 0. The van der Waals surface area contributed by atoms with Gasteiger partial charge in [0.15, 0.2) is 0 Å². The van der Waals surface area contributed by atoms with Crippen LogP contribution in [0.4, 0.5) is 23.0 Å². The molecule has 2 rings (SSSR count). The normalized spacial score (nSPS) is 10.6. The highest BCUT2D eigenvalue weighted by Gasteiger charge is 2.24. The molecule has 0 unspecified atom stereocenters. The Balaban J connectivity index is 2.46. The van der Waals surface area contributed by atoms with Crippen LogP contribution in [0.2, 0.25) is 10.0 Å². The standard InChI is InChI=1S/C13H13Cl2N5O2/c1-7(2)18-12-11(20(21)22)13(17-6-16-12)19-10-5-8(14)3-4-9(10)15/h3-7H,1-2H3,(H2,16,17,18,19). The monoisotopic (exact) mass is 341 g/mol. The van der Waals surface area contributed by atoms with Crippen molar-refractivity contribution in [1.29, 1.82) is 0 Å². The first-order valence-corrected chi connectivity index (χ1v) is 7.12. The topological polar surface area (TPSA) is 93.0 Å². The Hall–Kier alpha value is -2.12. The molecule has 7 nitrogen and oxygen atoms in total. The number of rotatable bonds is 5. The van der Waals surface area contributed by atoms with E-state index in [0.717, 1.165) is 0 Å². The lowest BCUT2D eigenvalue weighted by Gasteiger charge is -2.12. The van der Waals surface area contributed by atoms with Crippen LogP contribution in [0.5, 0.6) is 0 Å². The molecule has 2 aromatic rings. The van der Waals surface area contributed by atoms with E-state index < -0.39 is 4.92 Å². The van der Waals surface area contributed by atoms with E-state index in [0.29, 0.717) is 15.7 Å². The number of nitro groups is 1. The second-order valence-electron chi connectivity index (χ2n) is 4.72. The van der Waals surface area contributed by atoms with E-state index in [9.17, 15) is 10.1 Å². The van der Waals surface area contributed by atoms with E-state index in [1.165, 1.54) is 6.33 Å². The van der Waals surface area contributed by atoms with Crippen molar-refractivity contribution in [3.63, 3.8) is 0 Å². The van der Waals surface area contributed by atoms with Gasteiger partial charge in [0.05, 0.1) is 15.6 Å². The zero-order valence-electron chi connectivity index (χ0n) is 11.8. The maximum atomic E-state index is 11.4. The highest BCUT2D eigenvalue weighted by Crippen LogP contribution is 2.34. The molecule has 0 saturated carbocycles. The molecule has 0 amide bonds. The molecule has 0 spiro atoms. The summed E-state index contributed by atoms with van der Waals surface area (Å²) in [6, 6.07) is 4.75. The average Bonchev–Trinajstić information content (AvgIpc) is 2.42. The Morgan fingerprint density at radius 2 is 1.91 bits per heavy atom. The third-order valence-electron chi connectivity index (χ3n) is 2.61. The predicted octanol–water partition coefficient (Wildman–Crippen LogP) is 4.26. The first kappa shape index (κ1) is 16.3. The lowest BCUT2D eigenvalue weighted by Crippen LogP contribution is -2.14. The van der Waals surface area contributed by atoms with Crippen molar-refractivity contribution in [1.82, 2.24) is 9.97 Å². The molecule has 0 aliphatic rings. The van der Waals surface area contributed by atoms with Crippen LogP contribution in [0.3, 0.4) is 0 Å². The fraction of sp³-hybridized carbons (Fsp3) is 0.231. The number of nitrogens with zero attached hydrogens (tertiary/aromatic N) is 3. The highest BCUT2D eigenvalue weighted by molar-refractivity contribution is 6.35. The van der Waals surface area contributed by atoms with Gasteiger partial charge in [-0.3, -0.25) is 10.1 Å². The molecule has 2 N–H and O–H groups in total. The Bertz CT molecular complexity index is 709. The molecule has 1 aromatic heterocycles. The number of hydrogen-bond donors (Lipinski definition) is 2. The van der Waals surface area contributed by atoms with Crippen molar-refractivity contribution in [2.45, 2.75) is 19.9 Å². The van der Waals surface area contributed by atoms with Crippen molar-refractivity contribution in [2.75, 3.05) is 10.6 Å². The summed E-state index contributed by atoms with van der Waals surface area (Å²) in [4.78, 5) is 18.7. The van der Waals surface area contributed by atoms with Gasteiger partial charge in [-0.25, -0.2) is 9.97 Å². The fourth-order valence-electron chi connectivity index (χ4n) is 1.74. The molecule has 22 heavy (non-hydrogen) atoms. The van der Waals surface area contributed by atoms with Crippen LogP contribution in [0.15, 0.2) is 24.5 Å². The highest BCUT2D eigenvalue weighted by atomic mass is 35.5. The van der Waals surface area contributed by atoms with Crippen LogP contribution >= 0.6 is 23.2 Å². The van der Waals surface area contributed by atoms with Gasteiger partial charge in [-0.05, 0) is 32.0 Å². The van der Waals surface area contributed by atoms with Crippen LogP contribution in [0.25, 0.3) is 0 Å². The van der Waals surface area contributed by atoms with E-state index in [4.69, 9.17) is 23.2 Å². The molecular formula is C13H13Cl2N5O2. The van der Waals surface area contributed by atoms with Crippen molar-refractivity contribution in [3.05, 3.63) is 44.7 Å². The third-order valence-corrected chi connectivity index (χ3v) is 3.18. The lowest BCUT2D eigenvalue weighted by molar-refractivity contribution is -0.383. The smallest absolute Gasteiger partial charge is 0.353 e. The molecule has 0 radical (unpaired) electrons. The molecule has 0 bridgehead atoms. The Labute approximate surface area is 136 Å². The minimum Gasteiger partial charge on any atom is -0.362 e. The molecule has 9 heteroatoms. The molecule has 1 aromatic carbocycles. The number of aromatic nitrogens is 2. The van der Waals surface area contributed by atoms with Gasteiger partial charge in [0.2, 0.25) is 11.6 Å². The summed E-state index contributed by atoms with van der Waals surface area (Å²) in [7, 11) is 0. The SMILES string of the molecule is CC(C)Nc1ncnc(Nc2cc(Cl)ccc2Cl)c1[N+](=O)[O-]. The second kappa shape index (κ2) is 6.76. The van der Waals surface area contributed by atoms with Crippen LogP contribution in [0.1, 0.15) is 13.8 Å². The quantitative estimate of drug-likeness (QED) is 0.623. The van der Waals surface area contributed by atoms with E-state index in [-0.39, 0.29) is 23.4 Å². The zero-order chi connectivity index (χ0) is 16.3. The van der Waals surface area contributed by atoms with Crippen molar-refractivity contribution in [3.8, 4) is 0 Å². The fourth-order valence-corrected chi connectivity index (χ4v) is 2.08. The van der Waals surface area contributed by atoms with Gasteiger partial charge < -0.3 is 10.6 Å². The summed E-state index contributed by atoms with van der Waals surface area (Å²) >= 11 is 12.0. The second-order valence-corrected chi connectivity index (χ2v) is 5.57. The zero-order valence-corrected chi connectivity index (χ0v) is 13.3. The van der Waals surface area contributed by atoms with Crippen LogP contribution in [0, 0.1) is 10.1 Å². The summed E-state index contributed by atoms with van der Waals surface area (Å²) in [5, 5.41) is 17.9. The van der Waals surface area contributed by atoms with Gasteiger partial charge in [0.1, 0.15) is 6.33 Å². The van der Waals surface area contributed by atoms with Crippen LogP contribution in [-0.2, 0) is 0 Å². The summed E-state index contributed by atoms with van der Waals surface area (Å²) in [6.45, 7) is 3.71. The van der Waals surface area contributed by atoms with Gasteiger partial charge in [-0.2, -0.15) is 0 Å². The maximum absolute atomic E-state index is 11.4. The first-order valence-electron chi connectivity index (χ1n) is 6.36. The Morgan fingerprint density at radius 1 is 1.23 bits per heavy atom.